The molecule has 1 atom stereocenters. The van der Waals surface area contributed by atoms with Gasteiger partial charge in [0.15, 0.2) is 5.71 Å². The topological polar surface area (TPSA) is 233 Å². The van der Waals surface area contributed by atoms with Crippen LogP contribution in [0, 0.1) is 0 Å². The van der Waals surface area contributed by atoms with Gasteiger partial charge in [-0.15, -0.1) is 5.06 Å². The highest BCUT2D eigenvalue weighted by molar-refractivity contribution is 9.11. The molecule has 0 saturated carbocycles. The number of hydrogen-bond acceptors (Lipinski definition) is 11. The molecule has 3 aliphatic heterocycles. The molecule has 3 N–H and O–H groups in total. The lowest BCUT2D eigenvalue weighted by atomic mass is 9.77. The Morgan fingerprint density at radius 3 is 2.11 bits per heavy atom. The quantitative estimate of drug-likeness (QED) is 0.0627. The summed E-state index contributed by atoms with van der Waals surface area (Å²) in [4.78, 5) is 43.1. The number of nitrogens with zero attached hydrogens (tertiary/aromatic N) is 3. The van der Waals surface area contributed by atoms with Crippen LogP contribution in [-0.2, 0) is 60.4 Å². The lowest BCUT2D eigenvalue weighted by molar-refractivity contribution is -0.437. The van der Waals surface area contributed by atoms with E-state index in [-0.39, 0.29) is 56.4 Å². The molecular weight excluding hydrogens is 986 g/mol. The van der Waals surface area contributed by atoms with Crippen LogP contribution in [0.1, 0.15) is 76.8 Å². The van der Waals surface area contributed by atoms with E-state index < -0.39 is 70.5 Å². The van der Waals surface area contributed by atoms with Crippen LogP contribution in [0.3, 0.4) is 0 Å². The van der Waals surface area contributed by atoms with Crippen LogP contribution in [0.2, 0.25) is 0 Å². The van der Waals surface area contributed by atoms with Crippen molar-refractivity contribution in [3.8, 4) is 0 Å². The summed E-state index contributed by atoms with van der Waals surface area (Å²) in [6, 6.07) is 7.92. The Labute approximate surface area is 372 Å². The lowest BCUT2D eigenvalue weighted by Gasteiger charge is -2.30. The second-order valence-corrected chi connectivity index (χ2v) is 21.8. The third kappa shape index (κ3) is 11.6. The van der Waals surface area contributed by atoms with Gasteiger partial charge in [-0.05, 0) is 75.9 Å². The van der Waals surface area contributed by atoms with Crippen LogP contribution in [0.25, 0.3) is 0 Å². The van der Waals surface area contributed by atoms with Crippen molar-refractivity contribution >= 4 is 97.1 Å². The second kappa shape index (κ2) is 18.9. The molecule has 2 aromatic carbocycles. The molecule has 0 spiro atoms. The normalized spacial score (nSPS) is 20.0. The molecule has 1 saturated heterocycles. The fraction of sp³-hybridized carbons (Fsp3) is 0.400. The molecule has 21 heteroatoms. The Balaban J connectivity index is 1.45. The standard InChI is InChI=1S/C40H45Br2N3O13S3/c1-39(2)33(44(21-11-23-60(52,53)54)32-25-27(41)24-30(42)38(32)39)12-7-5-4-6-8-13-34-40(3,19-9-14-37(48)58-45-35(46)17-18-36(45)47)29-26-28(61(55,56)57)15-16-31(29)43(34)20-10-22-59(49,50)51/h4-8,12-13,15-16,24-26H,9-11,14,17-23H2,1-3H3,(H2-,49,50,51,52,53,54,55,56,57)/p+1. The summed E-state index contributed by atoms with van der Waals surface area (Å²) in [7, 11) is -13.1. The minimum Gasteiger partial charge on any atom is -0.344 e. The van der Waals surface area contributed by atoms with Crippen molar-refractivity contribution in [3.63, 3.8) is 0 Å². The fourth-order valence-corrected chi connectivity index (χ4v) is 11.1. The molecule has 61 heavy (non-hydrogen) atoms. The predicted molar refractivity (Wildman–Crippen MR) is 234 cm³/mol. The minimum absolute atomic E-state index is 0.0101. The van der Waals surface area contributed by atoms with Gasteiger partial charge < -0.3 is 9.74 Å². The maximum Gasteiger partial charge on any atom is 0.333 e. The molecule has 0 aliphatic carbocycles. The summed E-state index contributed by atoms with van der Waals surface area (Å²) in [5, 5.41) is 0.456. The number of anilines is 1. The zero-order chi connectivity index (χ0) is 45.1. The Morgan fingerprint density at radius 1 is 0.852 bits per heavy atom. The Bertz CT molecular complexity index is 2600. The number of carbonyl (C=O) groups is 3. The van der Waals surface area contributed by atoms with Gasteiger partial charge in [0.05, 0.1) is 27.4 Å². The number of imide groups is 1. The molecule has 3 heterocycles. The largest absolute Gasteiger partial charge is 0.344 e. The van der Waals surface area contributed by atoms with Gasteiger partial charge >= 0.3 is 5.97 Å². The number of rotatable bonds is 18. The van der Waals surface area contributed by atoms with Gasteiger partial charge in [0.2, 0.25) is 5.69 Å². The van der Waals surface area contributed by atoms with E-state index in [0.29, 0.717) is 28.6 Å². The van der Waals surface area contributed by atoms with E-state index in [1.54, 1.807) is 42.2 Å². The third-order valence-corrected chi connectivity index (χ3v) is 14.2. The summed E-state index contributed by atoms with van der Waals surface area (Å²) < 4.78 is 103. The lowest BCUT2D eigenvalue weighted by Crippen LogP contribution is -2.32. The highest BCUT2D eigenvalue weighted by atomic mass is 79.9. The molecular formula is C40H46Br2N3O13S3+. The molecule has 0 bridgehead atoms. The summed E-state index contributed by atoms with van der Waals surface area (Å²) in [5.41, 5.74) is 2.81. The van der Waals surface area contributed by atoms with Crippen LogP contribution in [-0.4, -0.2) is 96.6 Å². The highest BCUT2D eigenvalue weighted by Crippen LogP contribution is 2.51. The maximum atomic E-state index is 12.7. The highest BCUT2D eigenvalue weighted by Gasteiger charge is 2.46. The molecule has 330 valence electrons. The Hall–Kier alpha value is -3.83. The number of halogens is 2. The van der Waals surface area contributed by atoms with Crippen molar-refractivity contribution < 1.29 is 62.7 Å². The Kier molecular flexibility index (Phi) is 14.9. The number of carbonyl (C=O) groups excluding carboxylic acids is 3. The van der Waals surface area contributed by atoms with E-state index in [9.17, 15) is 53.3 Å². The monoisotopic (exact) mass is 1030 g/mol. The van der Waals surface area contributed by atoms with E-state index >= 15 is 0 Å². The number of hydrogen-bond donors (Lipinski definition) is 3. The van der Waals surface area contributed by atoms with Crippen LogP contribution >= 0.6 is 31.9 Å². The third-order valence-electron chi connectivity index (χ3n) is 10.7. The average molecular weight is 1030 g/mol. The molecule has 1 fully saturated rings. The van der Waals surface area contributed by atoms with Gasteiger partial charge in [0, 0.05) is 70.1 Å². The molecule has 2 aromatic rings. The summed E-state index contributed by atoms with van der Waals surface area (Å²) in [6.07, 6.45) is 12.7. The van der Waals surface area contributed by atoms with Gasteiger partial charge in [-0.3, -0.25) is 23.2 Å². The zero-order valence-electron chi connectivity index (χ0n) is 33.5. The van der Waals surface area contributed by atoms with E-state index in [1.165, 1.54) is 18.2 Å². The number of amides is 2. The number of hydroxylamine groups is 2. The van der Waals surface area contributed by atoms with Crippen LogP contribution in [0.5, 0.6) is 0 Å². The zero-order valence-corrected chi connectivity index (χ0v) is 39.1. The second-order valence-electron chi connectivity index (χ2n) is 15.4. The average Bonchev–Trinajstić information content (AvgIpc) is 3.65. The van der Waals surface area contributed by atoms with Gasteiger partial charge in [-0.25, -0.2) is 4.79 Å². The molecule has 3 aliphatic rings. The van der Waals surface area contributed by atoms with Crippen molar-refractivity contribution in [1.82, 2.24) is 5.06 Å². The molecule has 2 amide bonds. The smallest absolute Gasteiger partial charge is 0.333 e. The first-order chi connectivity index (χ1) is 28.3. The van der Waals surface area contributed by atoms with Gasteiger partial charge in [0.25, 0.3) is 42.2 Å². The van der Waals surface area contributed by atoms with Crippen molar-refractivity contribution in [2.45, 2.75) is 81.4 Å². The van der Waals surface area contributed by atoms with Crippen molar-refractivity contribution in [2.24, 2.45) is 0 Å². The maximum absolute atomic E-state index is 12.7. The molecule has 0 radical (unpaired) electrons. The molecule has 0 aromatic heterocycles. The van der Waals surface area contributed by atoms with Crippen molar-refractivity contribution in [2.75, 3.05) is 29.5 Å². The van der Waals surface area contributed by atoms with E-state index in [2.05, 4.69) is 45.7 Å². The number of benzene rings is 2. The van der Waals surface area contributed by atoms with Gasteiger partial charge in [-0.1, -0.05) is 62.2 Å². The minimum atomic E-state index is -4.65. The first-order valence-electron chi connectivity index (χ1n) is 19.1. The van der Waals surface area contributed by atoms with E-state index in [4.69, 9.17) is 4.84 Å². The SMILES string of the molecule is CC1(C)C(/C=C/C=C/C=C/C=C2/N(CCCS(=O)(=O)O)c3ccc(S(=O)(=O)O)cc3C2(C)CCCC(=O)ON2C(=O)CCC2=O)=[N+](CCCS(=O)(=O)O)c2cc(Br)cc(Br)c21. The van der Waals surface area contributed by atoms with Crippen LogP contribution in [0.15, 0.2) is 92.4 Å². The molecule has 1 unspecified atom stereocenters. The van der Waals surface area contributed by atoms with Gasteiger partial charge in [-0.2, -0.15) is 29.8 Å². The first-order valence-corrected chi connectivity index (χ1v) is 25.3. The van der Waals surface area contributed by atoms with Crippen LogP contribution in [0.4, 0.5) is 11.4 Å². The Morgan fingerprint density at radius 2 is 1.48 bits per heavy atom. The molecule has 5 rings (SSSR count). The first kappa shape index (κ1) is 48.2. The molecule has 16 nitrogen and oxygen atoms in total. The number of fused-ring (bicyclic) bond motifs is 2. The van der Waals surface area contributed by atoms with Gasteiger partial charge in [0.1, 0.15) is 6.54 Å². The summed E-state index contributed by atoms with van der Waals surface area (Å²) >= 11 is 7.22. The summed E-state index contributed by atoms with van der Waals surface area (Å²) in [5.74, 6) is -3.03. The van der Waals surface area contributed by atoms with E-state index in [1.807, 2.05) is 28.9 Å². The summed E-state index contributed by atoms with van der Waals surface area (Å²) in [6.45, 7) is 6.31. The number of allylic oxidation sites excluding steroid dienone is 8. The van der Waals surface area contributed by atoms with Crippen molar-refractivity contribution in [3.05, 3.63) is 98.6 Å². The van der Waals surface area contributed by atoms with E-state index in [0.717, 1.165) is 25.9 Å². The van der Waals surface area contributed by atoms with Crippen molar-refractivity contribution in [1.29, 1.82) is 0 Å². The fourth-order valence-electron chi connectivity index (χ4n) is 7.91. The predicted octanol–water partition coefficient (Wildman–Crippen LogP) is 6.50. The van der Waals surface area contributed by atoms with Crippen LogP contribution < -0.4 is 4.90 Å².